The van der Waals surface area contributed by atoms with Gasteiger partial charge in [-0.15, -0.1) is 0 Å². The Morgan fingerprint density at radius 1 is 1.33 bits per heavy atom. The first-order valence-corrected chi connectivity index (χ1v) is 6.51. The maximum absolute atomic E-state index is 12.0. The van der Waals surface area contributed by atoms with Crippen molar-refractivity contribution in [3.05, 3.63) is 0 Å². The molecule has 1 atom stereocenters. The predicted molar refractivity (Wildman–Crippen MR) is 63.2 cm³/mol. The molecule has 0 aromatic carbocycles. The van der Waals surface area contributed by atoms with Crippen LogP contribution in [0.5, 0.6) is 0 Å². The highest BCUT2D eigenvalue weighted by atomic mass is 19.4. The molecule has 0 radical (unpaired) electrons. The van der Waals surface area contributed by atoms with Gasteiger partial charge < -0.3 is 10.2 Å². The molecule has 0 aromatic rings. The normalized spacial score (nSPS) is 21.8. The lowest BCUT2D eigenvalue weighted by Gasteiger charge is -2.29. The van der Waals surface area contributed by atoms with Crippen LogP contribution >= 0.6 is 0 Å². The fraction of sp³-hybridized carbons (Fsp3) is 0.917. The first kappa shape index (κ1) is 15.3. The molecule has 0 aromatic heterocycles. The Bertz CT molecular complexity index is 269. The zero-order valence-electron chi connectivity index (χ0n) is 10.7. The molecular formula is C12H21F3N2O. The molecule has 1 aliphatic heterocycles. The van der Waals surface area contributed by atoms with Gasteiger partial charge in [0.25, 0.3) is 0 Å². The summed E-state index contributed by atoms with van der Waals surface area (Å²) in [6.45, 7) is 1.35. The van der Waals surface area contributed by atoms with E-state index in [4.69, 9.17) is 0 Å². The maximum atomic E-state index is 12.0. The zero-order chi connectivity index (χ0) is 13.6. The molecule has 106 valence electrons. The van der Waals surface area contributed by atoms with Crippen molar-refractivity contribution in [3.63, 3.8) is 0 Å². The Hall–Kier alpha value is -0.780. The molecular weight excluding hydrogens is 245 g/mol. The maximum Gasteiger partial charge on any atom is 0.401 e. The van der Waals surface area contributed by atoms with E-state index in [0.717, 1.165) is 32.1 Å². The lowest BCUT2D eigenvalue weighted by Crippen LogP contribution is -2.45. The Labute approximate surface area is 106 Å². The van der Waals surface area contributed by atoms with Crippen molar-refractivity contribution in [3.8, 4) is 0 Å². The van der Waals surface area contributed by atoms with Crippen LogP contribution in [0.3, 0.4) is 0 Å². The van der Waals surface area contributed by atoms with Crippen molar-refractivity contribution in [1.29, 1.82) is 0 Å². The van der Waals surface area contributed by atoms with Crippen LogP contribution in [0.15, 0.2) is 0 Å². The molecule has 1 saturated heterocycles. The molecule has 0 saturated carbocycles. The molecule has 1 unspecified atom stereocenters. The average Bonchev–Trinajstić information content (AvgIpc) is 2.51. The predicted octanol–water partition coefficient (Wildman–Crippen LogP) is 2.32. The number of rotatable bonds is 4. The summed E-state index contributed by atoms with van der Waals surface area (Å²) < 4.78 is 35.9. The van der Waals surface area contributed by atoms with Gasteiger partial charge in [0.2, 0.25) is 5.91 Å². The van der Waals surface area contributed by atoms with Crippen molar-refractivity contribution < 1.29 is 18.0 Å². The van der Waals surface area contributed by atoms with E-state index in [-0.39, 0.29) is 18.5 Å². The van der Waals surface area contributed by atoms with E-state index in [1.807, 2.05) is 6.92 Å². The van der Waals surface area contributed by atoms with Gasteiger partial charge in [-0.2, -0.15) is 13.2 Å². The number of carbonyl (C=O) groups is 1. The summed E-state index contributed by atoms with van der Waals surface area (Å²) in [5.41, 5.74) is 0. The highest BCUT2D eigenvalue weighted by Gasteiger charge is 2.28. The highest BCUT2D eigenvalue weighted by Crippen LogP contribution is 2.19. The van der Waals surface area contributed by atoms with Crippen LogP contribution in [0.4, 0.5) is 13.2 Å². The summed E-state index contributed by atoms with van der Waals surface area (Å²) >= 11 is 0. The number of halogens is 3. The van der Waals surface area contributed by atoms with Crippen LogP contribution in [-0.2, 0) is 4.79 Å². The minimum absolute atomic E-state index is 0.188. The standard InChI is InChI=1S/C12H21F3N2O/c1-2-10-6-4-3-5-7-17(10)11(18)8-16-9-12(13,14)15/h10,16H,2-9H2,1H3. The molecule has 1 heterocycles. The summed E-state index contributed by atoms with van der Waals surface area (Å²) in [7, 11) is 0. The third kappa shape index (κ3) is 5.25. The molecule has 1 amide bonds. The number of nitrogens with one attached hydrogen (secondary N) is 1. The van der Waals surface area contributed by atoms with E-state index in [1.165, 1.54) is 0 Å². The largest absolute Gasteiger partial charge is 0.401 e. The lowest BCUT2D eigenvalue weighted by molar-refractivity contribution is -0.136. The number of nitrogens with zero attached hydrogens (tertiary/aromatic N) is 1. The third-order valence-electron chi connectivity index (χ3n) is 3.27. The SMILES string of the molecule is CCC1CCCCCN1C(=O)CNCC(F)(F)F. The minimum Gasteiger partial charge on any atom is -0.339 e. The van der Waals surface area contributed by atoms with Gasteiger partial charge in [-0.1, -0.05) is 19.8 Å². The summed E-state index contributed by atoms with van der Waals surface area (Å²) in [5, 5.41) is 2.17. The second-order valence-corrected chi connectivity index (χ2v) is 4.72. The minimum atomic E-state index is -4.26. The smallest absolute Gasteiger partial charge is 0.339 e. The molecule has 6 heteroatoms. The van der Waals surface area contributed by atoms with E-state index < -0.39 is 12.7 Å². The number of amides is 1. The van der Waals surface area contributed by atoms with E-state index in [9.17, 15) is 18.0 Å². The fourth-order valence-corrected chi connectivity index (χ4v) is 2.34. The van der Waals surface area contributed by atoms with Crippen LogP contribution < -0.4 is 5.32 Å². The highest BCUT2D eigenvalue weighted by molar-refractivity contribution is 5.78. The summed E-state index contributed by atoms with van der Waals surface area (Å²) in [6, 6.07) is 0.188. The Morgan fingerprint density at radius 2 is 2.06 bits per heavy atom. The Morgan fingerprint density at radius 3 is 2.67 bits per heavy atom. The van der Waals surface area contributed by atoms with Crippen LogP contribution in [0.25, 0.3) is 0 Å². The second kappa shape index (κ2) is 6.97. The molecule has 0 aliphatic carbocycles. The van der Waals surface area contributed by atoms with E-state index in [2.05, 4.69) is 5.32 Å². The molecule has 1 fully saturated rings. The van der Waals surface area contributed by atoms with Crippen molar-refractivity contribution in [2.75, 3.05) is 19.6 Å². The molecule has 1 N–H and O–H groups in total. The van der Waals surface area contributed by atoms with E-state index >= 15 is 0 Å². The number of likely N-dealkylation sites (tertiary alicyclic amines) is 1. The van der Waals surface area contributed by atoms with Crippen LogP contribution in [0.2, 0.25) is 0 Å². The topological polar surface area (TPSA) is 32.3 Å². The van der Waals surface area contributed by atoms with Crippen molar-refractivity contribution >= 4 is 5.91 Å². The van der Waals surface area contributed by atoms with Crippen molar-refractivity contribution in [2.24, 2.45) is 0 Å². The lowest BCUT2D eigenvalue weighted by atomic mass is 10.1. The molecule has 3 nitrogen and oxygen atoms in total. The molecule has 1 rings (SSSR count). The fourth-order valence-electron chi connectivity index (χ4n) is 2.34. The van der Waals surface area contributed by atoms with Crippen LogP contribution in [-0.4, -0.2) is 42.7 Å². The zero-order valence-corrected chi connectivity index (χ0v) is 10.7. The monoisotopic (exact) mass is 266 g/mol. The first-order valence-electron chi connectivity index (χ1n) is 6.51. The third-order valence-corrected chi connectivity index (χ3v) is 3.27. The quantitative estimate of drug-likeness (QED) is 0.847. The van der Waals surface area contributed by atoms with Gasteiger partial charge in [-0.3, -0.25) is 4.79 Å². The molecule has 0 bridgehead atoms. The molecule has 0 spiro atoms. The average molecular weight is 266 g/mol. The summed E-state index contributed by atoms with van der Waals surface area (Å²) in [6.07, 6.45) is 0.700. The first-order chi connectivity index (χ1) is 8.44. The number of carbonyl (C=O) groups excluding carboxylic acids is 1. The van der Waals surface area contributed by atoms with Crippen LogP contribution in [0, 0.1) is 0 Å². The van der Waals surface area contributed by atoms with Gasteiger partial charge in [0.05, 0.1) is 13.1 Å². The van der Waals surface area contributed by atoms with Gasteiger partial charge >= 0.3 is 6.18 Å². The van der Waals surface area contributed by atoms with Crippen molar-refractivity contribution in [1.82, 2.24) is 10.2 Å². The Balaban J connectivity index is 2.42. The summed E-state index contributed by atoms with van der Waals surface area (Å²) in [5.74, 6) is -0.215. The van der Waals surface area contributed by atoms with Crippen LogP contribution in [0.1, 0.15) is 39.0 Å². The van der Waals surface area contributed by atoms with E-state index in [1.54, 1.807) is 4.90 Å². The summed E-state index contributed by atoms with van der Waals surface area (Å²) in [4.78, 5) is 13.6. The molecule has 1 aliphatic rings. The van der Waals surface area contributed by atoms with Gasteiger partial charge in [-0.25, -0.2) is 0 Å². The number of hydrogen-bond acceptors (Lipinski definition) is 2. The van der Waals surface area contributed by atoms with Gasteiger partial charge in [-0.05, 0) is 19.3 Å². The van der Waals surface area contributed by atoms with Gasteiger partial charge in [0, 0.05) is 12.6 Å². The van der Waals surface area contributed by atoms with Gasteiger partial charge in [0.1, 0.15) is 0 Å². The second-order valence-electron chi connectivity index (χ2n) is 4.72. The number of alkyl halides is 3. The molecule has 18 heavy (non-hydrogen) atoms. The van der Waals surface area contributed by atoms with Crippen molar-refractivity contribution in [2.45, 2.75) is 51.2 Å². The Kier molecular flexibility index (Phi) is 5.91. The number of hydrogen-bond donors (Lipinski definition) is 1. The van der Waals surface area contributed by atoms with Gasteiger partial charge in [0.15, 0.2) is 0 Å². The van der Waals surface area contributed by atoms with E-state index in [0.29, 0.717) is 6.54 Å².